The van der Waals surface area contributed by atoms with Crippen LogP contribution in [0.3, 0.4) is 0 Å². The summed E-state index contributed by atoms with van der Waals surface area (Å²) in [5, 5.41) is 6.50. The van der Waals surface area contributed by atoms with Crippen molar-refractivity contribution in [3.63, 3.8) is 0 Å². The minimum Gasteiger partial charge on any atom is -0.367 e. The average Bonchev–Trinajstić information content (AvgIpc) is 2.40. The van der Waals surface area contributed by atoms with E-state index in [1.807, 2.05) is 36.4 Å². The number of hydrogen-bond acceptors (Lipinski definition) is 4. The second-order valence-electron chi connectivity index (χ2n) is 4.21. The van der Waals surface area contributed by atoms with Gasteiger partial charge >= 0.3 is 0 Å². The number of nitrogens with one attached hydrogen (secondary N) is 2. The summed E-state index contributed by atoms with van der Waals surface area (Å²) in [6, 6.07) is 12.2. The molecule has 1 aromatic carbocycles. The monoisotopic (exact) mass is 242 g/mol. The first-order valence-electron chi connectivity index (χ1n) is 6.19. The lowest BCUT2D eigenvalue weighted by molar-refractivity contribution is 0.758. The average molecular weight is 242 g/mol. The van der Waals surface area contributed by atoms with E-state index in [9.17, 15) is 0 Å². The van der Waals surface area contributed by atoms with Crippen LogP contribution in [-0.2, 0) is 0 Å². The van der Waals surface area contributed by atoms with E-state index >= 15 is 0 Å². The Morgan fingerprint density at radius 1 is 1.17 bits per heavy atom. The standard InChI is InChI=1S/C14H18N4/c1-3-11(2)16-13-9-10-15-14(18-13)17-12-7-5-4-6-8-12/h4-11H,3H2,1-2H3,(H2,15,16,17,18). The van der Waals surface area contributed by atoms with E-state index in [2.05, 4.69) is 34.4 Å². The number of anilines is 3. The zero-order chi connectivity index (χ0) is 12.8. The quantitative estimate of drug-likeness (QED) is 0.843. The Bertz CT molecular complexity index is 484. The lowest BCUT2D eigenvalue weighted by Gasteiger charge is -2.12. The van der Waals surface area contributed by atoms with Gasteiger partial charge in [-0.3, -0.25) is 0 Å². The Kier molecular flexibility index (Phi) is 4.12. The van der Waals surface area contributed by atoms with E-state index in [4.69, 9.17) is 0 Å². The van der Waals surface area contributed by atoms with Crippen LogP contribution in [0, 0.1) is 0 Å². The smallest absolute Gasteiger partial charge is 0.229 e. The predicted octanol–water partition coefficient (Wildman–Crippen LogP) is 3.43. The van der Waals surface area contributed by atoms with Crippen LogP contribution in [0.2, 0.25) is 0 Å². The minimum atomic E-state index is 0.407. The van der Waals surface area contributed by atoms with Crippen molar-refractivity contribution in [3.05, 3.63) is 42.6 Å². The molecule has 0 spiro atoms. The van der Waals surface area contributed by atoms with E-state index in [0.717, 1.165) is 17.9 Å². The summed E-state index contributed by atoms with van der Waals surface area (Å²) in [6.07, 6.45) is 2.81. The topological polar surface area (TPSA) is 49.8 Å². The molecule has 0 saturated heterocycles. The van der Waals surface area contributed by atoms with Crippen LogP contribution in [0.5, 0.6) is 0 Å². The van der Waals surface area contributed by atoms with Crippen molar-refractivity contribution in [1.82, 2.24) is 9.97 Å². The fourth-order valence-electron chi connectivity index (χ4n) is 1.50. The maximum Gasteiger partial charge on any atom is 0.229 e. The van der Waals surface area contributed by atoms with Gasteiger partial charge in [0.1, 0.15) is 5.82 Å². The molecular formula is C14H18N4. The third-order valence-electron chi connectivity index (χ3n) is 2.69. The number of benzene rings is 1. The Morgan fingerprint density at radius 3 is 2.67 bits per heavy atom. The molecule has 0 aliphatic carbocycles. The first kappa shape index (κ1) is 12.4. The van der Waals surface area contributed by atoms with Crippen LogP contribution in [0.4, 0.5) is 17.5 Å². The zero-order valence-corrected chi connectivity index (χ0v) is 10.7. The van der Waals surface area contributed by atoms with Crippen molar-refractivity contribution < 1.29 is 0 Å². The molecule has 4 heteroatoms. The molecule has 0 amide bonds. The third kappa shape index (κ3) is 3.45. The molecule has 0 radical (unpaired) electrons. The number of aromatic nitrogens is 2. The summed E-state index contributed by atoms with van der Waals surface area (Å²) in [5.41, 5.74) is 0.984. The fourth-order valence-corrected chi connectivity index (χ4v) is 1.50. The molecule has 0 fully saturated rings. The molecule has 0 aliphatic heterocycles. The molecule has 94 valence electrons. The summed E-state index contributed by atoms with van der Waals surface area (Å²) >= 11 is 0. The Balaban J connectivity index is 2.08. The van der Waals surface area contributed by atoms with Crippen LogP contribution in [0.15, 0.2) is 42.6 Å². The highest BCUT2D eigenvalue weighted by Gasteiger charge is 2.02. The number of para-hydroxylation sites is 1. The third-order valence-corrected chi connectivity index (χ3v) is 2.69. The molecule has 18 heavy (non-hydrogen) atoms. The summed E-state index contributed by atoms with van der Waals surface area (Å²) in [7, 11) is 0. The van der Waals surface area contributed by atoms with Gasteiger partial charge in [-0.2, -0.15) is 4.98 Å². The molecule has 2 aromatic rings. The summed E-state index contributed by atoms with van der Waals surface area (Å²) in [6.45, 7) is 4.27. The predicted molar refractivity (Wildman–Crippen MR) is 75.1 cm³/mol. The Labute approximate surface area is 107 Å². The van der Waals surface area contributed by atoms with Crippen molar-refractivity contribution in [2.24, 2.45) is 0 Å². The molecule has 0 saturated carbocycles. The molecule has 4 nitrogen and oxygen atoms in total. The van der Waals surface area contributed by atoms with E-state index in [1.165, 1.54) is 0 Å². The van der Waals surface area contributed by atoms with Crippen molar-refractivity contribution >= 4 is 17.5 Å². The van der Waals surface area contributed by atoms with Crippen molar-refractivity contribution in [1.29, 1.82) is 0 Å². The molecule has 1 unspecified atom stereocenters. The highest BCUT2D eigenvalue weighted by Crippen LogP contribution is 2.14. The van der Waals surface area contributed by atoms with Gasteiger partial charge in [-0.05, 0) is 31.5 Å². The van der Waals surface area contributed by atoms with E-state index in [0.29, 0.717) is 12.0 Å². The van der Waals surface area contributed by atoms with Gasteiger partial charge in [-0.15, -0.1) is 0 Å². The number of nitrogens with zero attached hydrogens (tertiary/aromatic N) is 2. The van der Waals surface area contributed by atoms with Gasteiger partial charge in [-0.25, -0.2) is 4.98 Å². The molecule has 2 N–H and O–H groups in total. The SMILES string of the molecule is CCC(C)Nc1ccnc(Nc2ccccc2)n1. The van der Waals surface area contributed by atoms with Gasteiger partial charge < -0.3 is 10.6 Å². The first-order valence-corrected chi connectivity index (χ1v) is 6.19. The van der Waals surface area contributed by atoms with Gasteiger partial charge in [0, 0.05) is 17.9 Å². The molecule has 1 aromatic heterocycles. The summed E-state index contributed by atoms with van der Waals surface area (Å²) < 4.78 is 0. The normalized spacial score (nSPS) is 11.9. The van der Waals surface area contributed by atoms with Crippen LogP contribution >= 0.6 is 0 Å². The van der Waals surface area contributed by atoms with Gasteiger partial charge in [0.05, 0.1) is 0 Å². The second kappa shape index (κ2) is 6.00. The van der Waals surface area contributed by atoms with Crippen molar-refractivity contribution in [2.45, 2.75) is 26.3 Å². The van der Waals surface area contributed by atoms with Gasteiger partial charge in [-0.1, -0.05) is 25.1 Å². The van der Waals surface area contributed by atoms with Gasteiger partial charge in [0.25, 0.3) is 0 Å². The lowest BCUT2D eigenvalue weighted by Crippen LogP contribution is -2.14. The highest BCUT2D eigenvalue weighted by molar-refractivity contribution is 5.54. The zero-order valence-electron chi connectivity index (χ0n) is 10.7. The maximum atomic E-state index is 4.42. The molecular weight excluding hydrogens is 224 g/mol. The number of rotatable bonds is 5. The van der Waals surface area contributed by atoms with Crippen molar-refractivity contribution in [2.75, 3.05) is 10.6 Å². The van der Waals surface area contributed by atoms with Crippen LogP contribution in [-0.4, -0.2) is 16.0 Å². The van der Waals surface area contributed by atoms with Crippen LogP contribution < -0.4 is 10.6 Å². The van der Waals surface area contributed by atoms with E-state index < -0.39 is 0 Å². The largest absolute Gasteiger partial charge is 0.367 e. The van der Waals surface area contributed by atoms with Crippen LogP contribution in [0.25, 0.3) is 0 Å². The summed E-state index contributed by atoms with van der Waals surface area (Å²) in [4.78, 5) is 8.63. The summed E-state index contributed by atoms with van der Waals surface area (Å²) in [5.74, 6) is 1.45. The Morgan fingerprint density at radius 2 is 1.94 bits per heavy atom. The second-order valence-corrected chi connectivity index (χ2v) is 4.21. The maximum absolute atomic E-state index is 4.42. The van der Waals surface area contributed by atoms with E-state index in [1.54, 1.807) is 6.20 Å². The number of hydrogen-bond donors (Lipinski definition) is 2. The van der Waals surface area contributed by atoms with Crippen LogP contribution in [0.1, 0.15) is 20.3 Å². The Hall–Kier alpha value is -2.10. The molecule has 0 aliphatic rings. The lowest BCUT2D eigenvalue weighted by atomic mass is 10.2. The molecule has 1 heterocycles. The fraction of sp³-hybridized carbons (Fsp3) is 0.286. The van der Waals surface area contributed by atoms with Gasteiger partial charge in [0.2, 0.25) is 5.95 Å². The molecule has 1 atom stereocenters. The van der Waals surface area contributed by atoms with E-state index in [-0.39, 0.29) is 0 Å². The highest BCUT2D eigenvalue weighted by atomic mass is 15.1. The first-order chi connectivity index (χ1) is 8.78. The van der Waals surface area contributed by atoms with Gasteiger partial charge in [0.15, 0.2) is 0 Å². The minimum absolute atomic E-state index is 0.407. The van der Waals surface area contributed by atoms with Crippen molar-refractivity contribution in [3.8, 4) is 0 Å². The molecule has 0 bridgehead atoms. The molecule has 2 rings (SSSR count).